The fraction of sp³-hybridized carbons (Fsp3) is 0.667. The van der Waals surface area contributed by atoms with Crippen LogP contribution < -0.4 is 4.90 Å². The Kier molecular flexibility index (Phi) is 6.67. The van der Waals surface area contributed by atoms with Gasteiger partial charge in [-0.05, 0) is 6.42 Å². The fourth-order valence-electron chi connectivity index (χ4n) is 1.44. The molecule has 0 fully saturated rings. The van der Waals surface area contributed by atoms with E-state index < -0.39 is 0 Å². The normalized spacial score (nSPS) is 10.4. The highest BCUT2D eigenvalue weighted by atomic mass is 32.1. The van der Waals surface area contributed by atoms with E-state index in [1.54, 1.807) is 18.4 Å². The van der Waals surface area contributed by atoms with Crippen molar-refractivity contribution in [3.8, 4) is 0 Å². The first-order valence-corrected chi connectivity index (χ1v) is 6.84. The minimum Gasteiger partial charge on any atom is -0.469 e. The molecule has 6 heteroatoms. The zero-order chi connectivity index (χ0) is 13.4. The topological polar surface area (TPSA) is 51.7 Å². The monoisotopic (exact) mass is 272 g/mol. The van der Waals surface area contributed by atoms with Crippen LogP contribution in [0, 0.1) is 0 Å². The molecule has 1 aromatic heterocycles. The van der Waals surface area contributed by atoms with Crippen molar-refractivity contribution in [2.24, 2.45) is 0 Å². The summed E-state index contributed by atoms with van der Waals surface area (Å²) in [5.74, 6) is -0.204. The second-order valence-corrected chi connectivity index (χ2v) is 4.62. The van der Waals surface area contributed by atoms with Crippen LogP contribution in [-0.2, 0) is 20.7 Å². The standard InChI is InChI=1S/C12H20N2O3S/c1-4-10-9-18-12(13-10)14(7-8-16-2)6-5-11(15)17-3/h9H,4-8H2,1-3H3. The molecule has 0 radical (unpaired) electrons. The highest BCUT2D eigenvalue weighted by molar-refractivity contribution is 7.13. The Morgan fingerprint density at radius 2 is 2.22 bits per heavy atom. The third-order valence-corrected chi connectivity index (χ3v) is 3.50. The number of ether oxygens (including phenoxy) is 2. The van der Waals surface area contributed by atoms with Gasteiger partial charge < -0.3 is 14.4 Å². The lowest BCUT2D eigenvalue weighted by atomic mass is 10.4. The minimum absolute atomic E-state index is 0.204. The molecule has 0 amide bonds. The summed E-state index contributed by atoms with van der Waals surface area (Å²) in [5.41, 5.74) is 1.08. The summed E-state index contributed by atoms with van der Waals surface area (Å²) in [7, 11) is 3.07. The summed E-state index contributed by atoms with van der Waals surface area (Å²) in [6.07, 6.45) is 1.28. The van der Waals surface area contributed by atoms with Gasteiger partial charge in [0.2, 0.25) is 0 Å². The molecule has 102 valence electrons. The molecule has 5 nitrogen and oxygen atoms in total. The predicted molar refractivity (Wildman–Crippen MR) is 72.2 cm³/mol. The predicted octanol–water partition coefficient (Wildman–Crippen LogP) is 1.72. The molecule has 0 atom stereocenters. The highest BCUT2D eigenvalue weighted by Crippen LogP contribution is 2.21. The van der Waals surface area contributed by atoms with Crippen molar-refractivity contribution in [2.75, 3.05) is 38.8 Å². The number of rotatable bonds is 8. The molecule has 0 spiro atoms. The number of methoxy groups -OCH3 is 2. The van der Waals surface area contributed by atoms with E-state index in [2.05, 4.69) is 21.5 Å². The smallest absolute Gasteiger partial charge is 0.307 e. The molecule has 0 aliphatic heterocycles. The van der Waals surface area contributed by atoms with Gasteiger partial charge in [-0.3, -0.25) is 4.79 Å². The summed E-state index contributed by atoms with van der Waals surface area (Å²) in [6, 6.07) is 0. The number of carbonyl (C=O) groups is 1. The van der Waals surface area contributed by atoms with E-state index in [1.165, 1.54) is 7.11 Å². The van der Waals surface area contributed by atoms with Gasteiger partial charge in [0.15, 0.2) is 5.13 Å². The number of hydrogen-bond acceptors (Lipinski definition) is 6. The average Bonchev–Trinajstić information content (AvgIpc) is 2.87. The van der Waals surface area contributed by atoms with Crippen LogP contribution in [0.15, 0.2) is 5.38 Å². The summed E-state index contributed by atoms with van der Waals surface area (Å²) in [4.78, 5) is 17.8. The van der Waals surface area contributed by atoms with Gasteiger partial charge in [-0.15, -0.1) is 11.3 Å². The first kappa shape index (κ1) is 14.9. The van der Waals surface area contributed by atoms with Gasteiger partial charge in [-0.1, -0.05) is 6.92 Å². The maximum Gasteiger partial charge on any atom is 0.307 e. The van der Waals surface area contributed by atoms with Gasteiger partial charge >= 0.3 is 5.97 Å². The second kappa shape index (κ2) is 8.05. The zero-order valence-corrected chi connectivity index (χ0v) is 12.0. The highest BCUT2D eigenvalue weighted by Gasteiger charge is 2.12. The first-order chi connectivity index (χ1) is 8.71. The Bertz CT molecular complexity index is 368. The van der Waals surface area contributed by atoms with Gasteiger partial charge in [0.25, 0.3) is 0 Å². The SMILES string of the molecule is CCc1csc(N(CCOC)CCC(=O)OC)n1. The van der Waals surface area contributed by atoms with Gasteiger partial charge in [-0.2, -0.15) is 0 Å². The van der Waals surface area contributed by atoms with Crippen LogP contribution in [0.2, 0.25) is 0 Å². The molecule has 1 rings (SSSR count). The number of anilines is 1. The molecular formula is C12H20N2O3S. The number of nitrogens with zero attached hydrogens (tertiary/aromatic N) is 2. The third kappa shape index (κ3) is 4.62. The Morgan fingerprint density at radius 1 is 1.44 bits per heavy atom. The number of esters is 1. The maximum absolute atomic E-state index is 11.2. The molecule has 0 aromatic carbocycles. The van der Waals surface area contributed by atoms with Gasteiger partial charge in [0.1, 0.15) is 0 Å². The van der Waals surface area contributed by atoms with Crippen LogP contribution in [0.1, 0.15) is 19.0 Å². The maximum atomic E-state index is 11.2. The molecule has 0 aliphatic rings. The first-order valence-electron chi connectivity index (χ1n) is 5.96. The van der Waals surface area contributed by atoms with E-state index in [-0.39, 0.29) is 5.97 Å². The minimum atomic E-state index is -0.204. The quantitative estimate of drug-likeness (QED) is 0.674. The largest absolute Gasteiger partial charge is 0.469 e. The summed E-state index contributed by atoms with van der Waals surface area (Å²) in [5, 5.41) is 2.99. The molecule has 1 heterocycles. The van der Waals surface area contributed by atoms with Crippen LogP contribution >= 0.6 is 11.3 Å². The number of carbonyl (C=O) groups excluding carboxylic acids is 1. The fourth-order valence-corrected chi connectivity index (χ4v) is 2.40. The molecule has 0 N–H and O–H groups in total. The summed E-state index contributed by atoms with van der Waals surface area (Å²) >= 11 is 1.60. The third-order valence-electron chi connectivity index (χ3n) is 2.55. The molecular weight excluding hydrogens is 252 g/mol. The molecule has 0 aliphatic carbocycles. The van der Waals surface area contributed by atoms with Crippen molar-refractivity contribution < 1.29 is 14.3 Å². The van der Waals surface area contributed by atoms with Crippen LogP contribution in [0.4, 0.5) is 5.13 Å². The summed E-state index contributed by atoms with van der Waals surface area (Å²) < 4.78 is 9.73. The van der Waals surface area contributed by atoms with E-state index in [4.69, 9.17) is 4.74 Å². The zero-order valence-electron chi connectivity index (χ0n) is 11.1. The van der Waals surface area contributed by atoms with Crippen molar-refractivity contribution in [1.29, 1.82) is 0 Å². The number of aryl methyl sites for hydroxylation is 1. The molecule has 0 saturated carbocycles. The lowest BCUT2D eigenvalue weighted by Gasteiger charge is -2.20. The van der Waals surface area contributed by atoms with Crippen molar-refractivity contribution >= 4 is 22.4 Å². The van der Waals surface area contributed by atoms with Crippen LogP contribution in [-0.4, -0.2) is 44.9 Å². The van der Waals surface area contributed by atoms with Crippen molar-refractivity contribution in [3.63, 3.8) is 0 Å². The Labute approximate surface area is 112 Å². The second-order valence-electron chi connectivity index (χ2n) is 3.78. The molecule has 18 heavy (non-hydrogen) atoms. The van der Waals surface area contributed by atoms with Gasteiger partial charge in [0.05, 0.1) is 25.8 Å². The number of aromatic nitrogens is 1. The number of hydrogen-bond donors (Lipinski definition) is 0. The van der Waals surface area contributed by atoms with E-state index in [0.717, 1.165) is 23.8 Å². The van der Waals surface area contributed by atoms with Crippen LogP contribution in [0.3, 0.4) is 0 Å². The van der Waals surface area contributed by atoms with E-state index in [9.17, 15) is 4.79 Å². The van der Waals surface area contributed by atoms with Crippen molar-refractivity contribution in [3.05, 3.63) is 11.1 Å². The molecule has 0 unspecified atom stereocenters. The molecule has 1 aromatic rings. The van der Waals surface area contributed by atoms with Crippen molar-refractivity contribution in [1.82, 2.24) is 4.98 Å². The van der Waals surface area contributed by atoms with E-state index in [1.807, 2.05) is 5.38 Å². The number of thiazole rings is 1. The Morgan fingerprint density at radius 3 is 2.78 bits per heavy atom. The Balaban J connectivity index is 2.61. The van der Waals surface area contributed by atoms with Crippen LogP contribution in [0.25, 0.3) is 0 Å². The lowest BCUT2D eigenvalue weighted by Crippen LogP contribution is -2.29. The van der Waals surface area contributed by atoms with Crippen LogP contribution in [0.5, 0.6) is 0 Å². The average molecular weight is 272 g/mol. The van der Waals surface area contributed by atoms with Gasteiger partial charge in [-0.25, -0.2) is 4.98 Å². The van der Waals surface area contributed by atoms with Gasteiger partial charge in [0, 0.05) is 25.6 Å². The van der Waals surface area contributed by atoms with E-state index >= 15 is 0 Å². The molecule has 0 bridgehead atoms. The molecule has 0 saturated heterocycles. The van der Waals surface area contributed by atoms with Crippen molar-refractivity contribution in [2.45, 2.75) is 19.8 Å². The Hall–Kier alpha value is -1.14. The lowest BCUT2D eigenvalue weighted by molar-refractivity contribution is -0.140. The van der Waals surface area contributed by atoms with E-state index in [0.29, 0.717) is 19.6 Å². The summed E-state index contributed by atoms with van der Waals surface area (Å²) in [6.45, 7) is 4.02.